The number of nitrogens with zero attached hydrogens (tertiary/aromatic N) is 2. The van der Waals surface area contributed by atoms with Crippen LogP contribution in [0, 0.1) is 0 Å². The maximum Gasteiger partial charge on any atom is 0.407 e. The maximum atomic E-state index is 10.8. The lowest BCUT2D eigenvalue weighted by atomic mass is 9.92. The summed E-state index contributed by atoms with van der Waals surface area (Å²) in [7, 11) is 5.78. The topological polar surface area (TPSA) is 53.0 Å². The van der Waals surface area contributed by atoms with Gasteiger partial charge in [-0.2, -0.15) is 0 Å². The van der Waals surface area contributed by atoms with Crippen LogP contribution in [0.4, 0.5) is 4.79 Å². The molecule has 0 bridgehead atoms. The van der Waals surface area contributed by atoms with Crippen LogP contribution in [0.15, 0.2) is 0 Å². The number of hydrogen-bond acceptors (Lipinski definition) is 3. The molecule has 1 rings (SSSR count). The molecule has 0 aromatic rings. The molecule has 5 heteroatoms. The van der Waals surface area contributed by atoms with Gasteiger partial charge < -0.3 is 19.6 Å². The smallest absolute Gasteiger partial charge is 0.407 e. The van der Waals surface area contributed by atoms with Crippen LogP contribution in [-0.4, -0.2) is 67.4 Å². The average Bonchev–Trinajstić information content (AvgIpc) is 2.34. The third kappa shape index (κ3) is 5.23. The minimum absolute atomic E-state index is 0.170. The quantitative estimate of drug-likeness (QED) is 0.739. The first-order chi connectivity index (χ1) is 8.50. The zero-order valence-electron chi connectivity index (χ0n) is 11.8. The molecule has 0 aliphatic heterocycles. The SMILES string of the molecule is CN(C)CCCOC1CCC(N(C)C(=O)O)CC1. The Morgan fingerprint density at radius 3 is 2.33 bits per heavy atom. The van der Waals surface area contributed by atoms with Crippen LogP contribution in [0.25, 0.3) is 0 Å². The van der Waals surface area contributed by atoms with Gasteiger partial charge in [0.2, 0.25) is 0 Å². The second-order valence-electron chi connectivity index (χ2n) is 5.35. The zero-order valence-corrected chi connectivity index (χ0v) is 11.8. The second kappa shape index (κ2) is 7.59. The van der Waals surface area contributed by atoms with E-state index in [1.165, 1.54) is 4.90 Å². The second-order valence-corrected chi connectivity index (χ2v) is 5.35. The van der Waals surface area contributed by atoms with Crippen molar-refractivity contribution in [3.8, 4) is 0 Å². The van der Waals surface area contributed by atoms with Gasteiger partial charge in [-0.1, -0.05) is 0 Å². The highest BCUT2D eigenvalue weighted by molar-refractivity contribution is 5.64. The fourth-order valence-corrected chi connectivity index (χ4v) is 2.39. The van der Waals surface area contributed by atoms with Crippen molar-refractivity contribution in [3.63, 3.8) is 0 Å². The molecule has 1 aliphatic rings. The Kier molecular flexibility index (Phi) is 6.43. The van der Waals surface area contributed by atoms with Crippen molar-refractivity contribution in [3.05, 3.63) is 0 Å². The molecule has 1 fully saturated rings. The summed E-state index contributed by atoms with van der Waals surface area (Å²) in [6, 6.07) is 0.170. The maximum absolute atomic E-state index is 10.8. The third-order valence-corrected chi connectivity index (χ3v) is 3.60. The third-order valence-electron chi connectivity index (χ3n) is 3.60. The van der Waals surface area contributed by atoms with Crippen molar-refractivity contribution < 1.29 is 14.6 Å². The Morgan fingerprint density at radius 2 is 1.83 bits per heavy atom. The monoisotopic (exact) mass is 258 g/mol. The Labute approximate surface area is 110 Å². The Balaban J connectivity index is 2.13. The van der Waals surface area contributed by atoms with Crippen molar-refractivity contribution in [1.29, 1.82) is 0 Å². The number of ether oxygens (including phenoxy) is 1. The lowest BCUT2D eigenvalue weighted by molar-refractivity contribution is 0.00902. The van der Waals surface area contributed by atoms with E-state index in [0.717, 1.165) is 45.3 Å². The van der Waals surface area contributed by atoms with E-state index in [2.05, 4.69) is 19.0 Å². The summed E-state index contributed by atoms with van der Waals surface area (Å²) < 4.78 is 5.83. The molecule has 0 aromatic heterocycles. The van der Waals surface area contributed by atoms with E-state index >= 15 is 0 Å². The zero-order chi connectivity index (χ0) is 13.5. The number of amides is 1. The number of rotatable bonds is 6. The van der Waals surface area contributed by atoms with E-state index in [0.29, 0.717) is 6.10 Å². The Morgan fingerprint density at radius 1 is 1.22 bits per heavy atom. The number of hydrogen-bond donors (Lipinski definition) is 1. The summed E-state index contributed by atoms with van der Waals surface area (Å²) in [4.78, 5) is 14.4. The van der Waals surface area contributed by atoms with Gasteiger partial charge in [-0.3, -0.25) is 0 Å². The highest BCUT2D eigenvalue weighted by Gasteiger charge is 2.26. The van der Waals surface area contributed by atoms with Gasteiger partial charge >= 0.3 is 6.09 Å². The van der Waals surface area contributed by atoms with Gasteiger partial charge in [-0.15, -0.1) is 0 Å². The molecule has 1 N–H and O–H groups in total. The summed E-state index contributed by atoms with van der Waals surface area (Å²) in [6.07, 6.45) is 4.34. The van der Waals surface area contributed by atoms with Gasteiger partial charge in [0, 0.05) is 19.7 Å². The lowest BCUT2D eigenvalue weighted by Crippen LogP contribution is -2.40. The van der Waals surface area contributed by atoms with E-state index in [4.69, 9.17) is 9.84 Å². The fraction of sp³-hybridized carbons (Fsp3) is 0.923. The first-order valence-electron chi connectivity index (χ1n) is 6.72. The summed E-state index contributed by atoms with van der Waals surface area (Å²) in [5.41, 5.74) is 0. The predicted octanol–water partition coefficient (Wildman–Crippen LogP) is 1.88. The van der Waals surface area contributed by atoms with E-state index in [9.17, 15) is 4.79 Å². The molecule has 0 unspecified atom stereocenters. The van der Waals surface area contributed by atoms with Crippen molar-refractivity contribution in [2.75, 3.05) is 34.3 Å². The standard InChI is InChI=1S/C13H26N2O3/c1-14(2)9-4-10-18-12-7-5-11(6-8-12)15(3)13(16)17/h11-12H,4-10H2,1-3H3,(H,16,17). The minimum atomic E-state index is -0.828. The first-order valence-corrected chi connectivity index (χ1v) is 6.72. The van der Waals surface area contributed by atoms with Gasteiger partial charge in [-0.05, 0) is 52.7 Å². The van der Waals surface area contributed by atoms with Crippen molar-refractivity contribution >= 4 is 6.09 Å². The van der Waals surface area contributed by atoms with Crippen LogP contribution in [-0.2, 0) is 4.74 Å². The van der Waals surface area contributed by atoms with E-state index < -0.39 is 6.09 Å². The molecular formula is C13H26N2O3. The van der Waals surface area contributed by atoms with E-state index in [1.807, 2.05) is 0 Å². The molecule has 1 aliphatic carbocycles. The molecule has 0 atom stereocenters. The van der Waals surface area contributed by atoms with Gasteiger partial charge in [0.1, 0.15) is 0 Å². The molecule has 0 radical (unpaired) electrons. The molecule has 0 spiro atoms. The lowest BCUT2D eigenvalue weighted by Gasteiger charge is -2.33. The number of carbonyl (C=O) groups is 1. The minimum Gasteiger partial charge on any atom is -0.465 e. The average molecular weight is 258 g/mol. The fourth-order valence-electron chi connectivity index (χ4n) is 2.39. The van der Waals surface area contributed by atoms with Crippen molar-refractivity contribution in [1.82, 2.24) is 9.80 Å². The summed E-state index contributed by atoms with van der Waals surface area (Å²) >= 11 is 0. The first kappa shape index (κ1) is 15.2. The van der Waals surface area contributed by atoms with Crippen LogP contribution in [0.5, 0.6) is 0 Å². The molecule has 1 saturated carbocycles. The van der Waals surface area contributed by atoms with Gasteiger partial charge in [0.15, 0.2) is 0 Å². The van der Waals surface area contributed by atoms with Crippen LogP contribution in [0.2, 0.25) is 0 Å². The van der Waals surface area contributed by atoms with Crippen LogP contribution >= 0.6 is 0 Å². The predicted molar refractivity (Wildman–Crippen MR) is 71.0 cm³/mol. The molecule has 0 aromatic carbocycles. The van der Waals surface area contributed by atoms with Crippen LogP contribution < -0.4 is 0 Å². The van der Waals surface area contributed by atoms with Crippen molar-refractivity contribution in [2.45, 2.75) is 44.2 Å². The van der Waals surface area contributed by atoms with E-state index in [1.54, 1.807) is 7.05 Å². The van der Waals surface area contributed by atoms with Gasteiger partial charge in [0.25, 0.3) is 0 Å². The molecule has 106 valence electrons. The molecule has 18 heavy (non-hydrogen) atoms. The molecule has 1 amide bonds. The normalized spacial score (nSPS) is 24.2. The Bertz CT molecular complexity index is 251. The molecule has 5 nitrogen and oxygen atoms in total. The summed E-state index contributed by atoms with van der Waals surface area (Å²) in [6.45, 7) is 1.86. The highest BCUT2D eigenvalue weighted by Crippen LogP contribution is 2.24. The number of carboxylic acid groups (broad SMARTS) is 1. The largest absolute Gasteiger partial charge is 0.465 e. The molecular weight excluding hydrogens is 232 g/mol. The Hall–Kier alpha value is -0.810. The van der Waals surface area contributed by atoms with Crippen LogP contribution in [0.1, 0.15) is 32.1 Å². The van der Waals surface area contributed by atoms with Gasteiger partial charge in [0.05, 0.1) is 6.10 Å². The summed E-state index contributed by atoms with van der Waals surface area (Å²) in [5, 5.41) is 8.92. The molecule has 0 saturated heterocycles. The molecule has 0 heterocycles. The highest BCUT2D eigenvalue weighted by atomic mass is 16.5. The summed E-state index contributed by atoms with van der Waals surface area (Å²) in [5.74, 6) is 0. The van der Waals surface area contributed by atoms with Crippen LogP contribution in [0.3, 0.4) is 0 Å². The van der Waals surface area contributed by atoms with E-state index in [-0.39, 0.29) is 6.04 Å². The van der Waals surface area contributed by atoms with Gasteiger partial charge in [-0.25, -0.2) is 4.79 Å². The van der Waals surface area contributed by atoms with Crippen molar-refractivity contribution in [2.24, 2.45) is 0 Å².